The largest absolute Gasteiger partial charge is 0.311 e. The van der Waals surface area contributed by atoms with Crippen LogP contribution >= 0.6 is 0 Å². The average molecular weight is 260 g/mol. The first-order valence-corrected chi connectivity index (χ1v) is 7.29. The molecular formula is C16H24N2O. The van der Waals surface area contributed by atoms with E-state index in [4.69, 9.17) is 0 Å². The Bertz CT molecular complexity index is 391. The van der Waals surface area contributed by atoms with Gasteiger partial charge in [0, 0.05) is 38.5 Å². The van der Waals surface area contributed by atoms with Crippen LogP contribution in [0.25, 0.3) is 0 Å². The smallest absolute Gasteiger partial charge is 0.137 e. The van der Waals surface area contributed by atoms with Crippen LogP contribution in [0.5, 0.6) is 0 Å². The van der Waals surface area contributed by atoms with Gasteiger partial charge in [-0.2, -0.15) is 0 Å². The van der Waals surface area contributed by atoms with E-state index in [1.165, 1.54) is 5.56 Å². The Labute approximate surface area is 116 Å². The molecule has 0 aliphatic carbocycles. The third-order valence-corrected chi connectivity index (χ3v) is 3.85. The summed E-state index contributed by atoms with van der Waals surface area (Å²) in [6.45, 7) is 6.95. The van der Waals surface area contributed by atoms with E-state index in [0.29, 0.717) is 18.1 Å². The summed E-state index contributed by atoms with van der Waals surface area (Å²) in [6.07, 6.45) is 1.73. The fourth-order valence-electron chi connectivity index (χ4n) is 2.65. The molecule has 1 saturated heterocycles. The monoisotopic (exact) mass is 260 g/mol. The Morgan fingerprint density at radius 3 is 2.89 bits per heavy atom. The molecule has 1 fully saturated rings. The maximum absolute atomic E-state index is 11.6. The molecule has 104 valence electrons. The van der Waals surface area contributed by atoms with Crippen LogP contribution in [0.1, 0.15) is 25.3 Å². The highest BCUT2D eigenvalue weighted by molar-refractivity contribution is 5.81. The van der Waals surface area contributed by atoms with Gasteiger partial charge in [-0.1, -0.05) is 37.3 Å². The Kier molecular flexibility index (Phi) is 5.55. The fourth-order valence-corrected chi connectivity index (χ4v) is 2.65. The molecular weight excluding hydrogens is 236 g/mol. The predicted molar refractivity (Wildman–Crippen MR) is 78.0 cm³/mol. The third-order valence-electron chi connectivity index (χ3n) is 3.85. The molecule has 1 unspecified atom stereocenters. The quantitative estimate of drug-likeness (QED) is 0.762. The molecule has 1 aromatic rings. The number of hydrogen-bond donors (Lipinski definition) is 1. The van der Waals surface area contributed by atoms with Gasteiger partial charge in [0.25, 0.3) is 0 Å². The summed E-state index contributed by atoms with van der Waals surface area (Å²) in [5.74, 6) is 0.721. The molecule has 2 rings (SSSR count). The molecule has 0 aromatic heterocycles. The van der Waals surface area contributed by atoms with Crippen molar-refractivity contribution in [2.75, 3.05) is 26.2 Å². The molecule has 1 aromatic carbocycles. The van der Waals surface area contributed by atoms with E-state index in [0.717, 1.165) is 39.1 Å². The maximum atomic E-state index is 11.6. The van der Waals surface area contributed by atoms with E-state index in [1.54, 1.807) is 0 Å². The summed E-state index contributed by atoms with van der Waals surface area (Å²) in [4.78, 5) is 14.0. The zero-order chi connectivity index (χ0) is 13.5. The first-order valence-electron chi connectivity index (χ1n) is 7.29. The van der Waals surface area contributed by atoms with Gasteiger partial charge >= 0.3 is 0 Å². The maximum Gasteiger partial charge on any atom is 0.137 e. The topological polar surface area (TPSA) is 32.3 Å². The molecule has 1 aliphatic heterocycles. The first kappa shape index (κ1) is 14.2. The summed E-state index contributed by atoms with van der Waals surface area (Å²) >= 11 is 0. The molecule has 1 atom stereocenters. The highest BCUT2D eigenvalue weighted by atomic mass is 16.1. The van der Waals surface area contributed by atoms with Gasteiger partial charge in [-0.3, -0.25) is 4.79 Å². The van der Waals surface area contributed by atoms with E-state index in [2.05, 4.69) is 34.5 Å². The number of rotatable bonds is 7. The van der Waals surface area contributed by atoms with Crippen molar-refractivity contribution in [3.8, 4) is 0 Å². The molecule has 1 heterocycles. The summed E-state index contributed by atoms with van der Waals surface area (Å²) in [5.41, 5.74) is 1.32. The minimum atomic E-state index is 0.291. The second kappa shape index (κ2) is 7.41. The van der Waals surface area contributed by atoms with Crippen LogP contribution in [-0.2, 0) is 11.3 Å². The van der Waals surface area contributed by atoms with Crippen LogP contribution < -0.4 is 5.32 Å². The summed E-state index contributed by atoms with van der Waals surface area (Å²) in [7, 11) is 0. The van der Waals surface area contributed by atoms with Crippen LogP contribution in [0.3, 0.4) is 0 Å². The van der Waals surface area contributed by atoms with Crippen LogP contribution in [0.15, 0.2) is 30.3 Å². The Hall–Kier alpha value is -1.19. The van der Waals surface area contributed by atoms with Crippen molar-refractivity contribution in [3.05, 3.63) is 35.9 Å². The number of ketones is 1. The molecule has 1 aliphatic rings. The summed E-state index contributed by atoms with van der Waals surface area (Å²) < 4.78 is 0. The molecule has 0 amide bonds. The molecule has 3 nitrogen and oxygen atoms in total. The zero-order valence-corrected chi connectivity index (χ0v) is 11.8. The number of nitrogens with one attached hydrogen (secondary N) is 1. The van der Waals surface area contributed by atoms with Crippen LogP contribution in [-0.4, -0.2) is 36.9 Å². The predicted octanol–water partition coefficient (Wildman–Crippen LogP) is 2.08. The van der Waals surface area contributed by atoms with Crippen molar-refractivity contribution in [1.29, 1.82) is 0 Å². The molecule has 3 heteroatoms. The van der Waals surface area contributed by atoms with E-state index in [9.17, 15) is 4.79 Å². The average Bonchev–Trinajstić information content (AvgIpc) is 2.93. The van der Waals surface area contributed by atoms with Crippen molar-refractivity contribution in [2.45, 2.75) is 26.3 Å². The highest BCUT2D eigenvalue weighted by Gasteiger charge is 2.26. The Morgan fingerprint density at radius 1 is 1.37 bits per heavy atom. The molecule has 0 radical (unpaired) electrons. The molecule has 0 spiro atoms. The number of nitrogens with zero attached hydrogens (tertiary/aromatic N) is 1. The highest BCUT2D eigenvalue weighted by Crippen LogP contribution is 2.17. The number of benzene rings is 1. The number of Topliss-reactive ketones (excluding diaryl/α,β-unsaturated/α-hetero) is 1. The van der Waals surface area contributed by atoms with Gasteiger partial charge < -0.3 is 10.2 Å². The van der Waals surface area contributed by atoms with Gasteiger partial charge in [0.05, 0.1) is 0 Å². The zero-order valence-electron chi connectivity index (χ0n) is 11.8. The van der Waals surface area contributed by atoms with Crippen LogP contribution in [0.4, 0.5) is 0 Å². The summed E-state index contributed by atoms with van der Waals surface area (Å²) in [5, 5.41) is 3.46. The minimum absolute atomic E-state index is 0.291. The molecule has 19 heavy (non-hydrogen) atoms. The standard InChI is InChI=1S/C16H24N2O/c1-2-16(19)15-8-10-18(13-15)11-9-17-12-14-6-4-3-5-7-14/h3-7,15,17H,2,8-13H2,1H3. The lowest BCUT2D eigenvalue weighted by atomic mass is 10.0. The summed E-state index contributed by atoms with van der Waals surface area (Å²) in [6, 6.07) is 10.5. The van der Waals surface area contributed by atoms with Crippen molar-refractivity contribution in [1.82, 2.24) is 10.2 Å². The van der Waals surface area contributed by atoms with Crippen molar-refractivity contribution in [2.24, 2.45) is 5.92 Å². The first-order chi connectivity index (χ1) is 9.29. The van der Waals surface area contributed by atoms with Gasteiger partial charge in [0.15, 0.2) is 0 Å². The van der Waals surface area contributed by atoms with Gasteiger partial charge in [-0.05, 0) is 18.5 Å². The molecule has 0 saturated carbocycles. The van der Waals surface area contributed by atoms with Gasteiger partial charge in [-0.15, -0.1) is 0 Å². The lowest BCUT2D eigenvalue weighted by molar-refractivity contribution is -0.122. The second-order valence-corrected chi connectivity index (χ2v) is 5.27. The lowest BCUT2D eigenvalue weighted by Gasteiger charge is -2.16. The SMILES string of the molecule is CCC(=O)C1CCN(CCNCc2ccccc2)C1. The third kappa shape index (κ3) is 4.44. The number of carbonyl (C=O) groups excluding carboxylic acids is 1. The van der Waals surface area contributed by atoms with Crippen molar-refractivity contribution >= 4 is 5.78 Å². The normalized spacial score (nSPS) is 19.7. The minimum Gasteiger partial charge on any atom is -0.311 e. The number of likely N-dealkylation sites (tertiary alicyclic amines) is 1. The van der Waals surface area contributed by atoms with Crippen LogP contribution in [0.2, 0.25) is 0 Å². The van der Waals surface area contributed by atoms with E-state index in [-0.39, 0.29) is 0 Å². The fraction of sp³-hybridized carbons (Fsp3) is 0.562. The second-order valence-electron chi connectivity index (χ2n) is 5.27. The Balaban J connectivity index is 1.61. The van der Waals surface area contributed by atoms with E-state index < -0.39 is 0 Å². The number of hydrogen-bond acceptors (Lipinski definition) is 3. The lowest BCUT2D eigenvalue weighted by Crippen LogP contribution is -2.31. The van der Waals surface area contributed by atoms with E-state index >= 15 is 0 Å². The van der Waals surface area contributed by atoms with Gasteiger partial charge in [0.1, 0.15) is 5.78 Å². The Morgan fingerprint density at radius 2 is 2.16 bits per heavy atom. The van der Waals surface area contributed by atoms with E-state index in [1.807, 2.05) is 13.0 Å². The van der Waals surface area contributed by atoms with Gasteiger partial charge in [-0.25, -0.2) is 0 Å². The van der Waals surface area contributed by atoms with Crippen molar-refractivity contribution in [3.63, 3.8) is 0 Å². The molecule has 1 N–H and O–H groups in total. The van der Waals surface area contributed by atoms with Crippen LogP contribution in [0, 0.1) is 5.92 Å². The molecule has 0 bridgehead atoms. The number of carbonyl (C=O) groups is 1. The van der Waals surface area contributed by atoms with Crippen molar-refractivity contribution < 1.29 is 4.79 Å². The van der Waals surface area contributed by atoms with Gasteiger partial charge in [0.2, 0.25) is 0 Å².